The lowest BCUT2D eigenvalue weighted by atomic mass is 10.1. The molecule has 0 amide bonds. The number of carbonyl (C=O) groups excluding carboxylic acids is 1. The van der Waals surface area contributed by atoms with Gasteiger partial charge in [-0.2, -0.15) is 0 Å². The van der Waals surface area contributed by atoms with E-state index in [-0.39, 0.29) is 18.2 Å². The zero-order valence-corrected chi connectivity index (χ0v) is 11.8. The first-order chi connectivity index (χ1) is 10.7. The molecular formula is C15H12N4O3. The van der Waals surface area contributed by atoms with E-state index in [1.807, 2.05) is 31.2 Å². The number of rotatable bonds is 4. The Morgan fingerprint density at radius 2 is 2.00 bits per heavy atom. The number of hydrogen-bond acceptors (Lipinski definition) is 7. The van der Waals surface area contributed by atoms with Gasteiger partial charge in [-0.25, -0.2) is 9.78 Å². The highest BCUT2D eigenvalue weighted by Gasteiger charge is 2.13. The van der Waals surface area contributed by atoms with E-state index in [9.17, 15) is 4.79 Å². The molecule has 3 aromatic rings. The fraction of sp³-hybridized carbons (Fsp3) is 0.133. The smallest absolute Gasteiger partial charge is 0.359 e. The highest BCUT2D eigenvalue weighted by molar-refractivity contribution is 5.86. The Kier molecular flexibility index (Phi) is 3.86. The third-order valence-electron chi connectivity index (χ3n) is 2.86. The third kappa shape index (κ3) is 3.14. The molecule has 7 nitrogen and oxygen atoms in total. The fourth-order valence-corrected chi connectivity index (χ4v) is 1.73. The zero-order valence-electron chi connectivity index (χ0n) is 11.8. The van der Waals surface area contributed by atoms with Crippen LogP contribution in [0, 0.1) is 6.92 Å². The molecule has 3 rings (SSSR count). The predicted octanol–water partition coefficient (Wildman–Crippen LogP) is 2.19. The van der Waals surface area contributed by atoms with Gasteiger partial charge in [0.2, 0.25) is 5.89 Å². The topological polar surface area (TPSA) is 91.0 Å². The Morgan fingerprint density at radius 3 is 2.73 bits per heavy atom. The van der Waals surface area contributed by atoms with Gasteiger partial charge in [0.15, 0.2) is 12.3 Å². The van der Waals surface area contributed by atoms with Crippen LogP contribution in [0.4, 0.5) is 0 Å². The number of aromatic nitrogens is 4. The van der Waals surface area contributed by atoms with Crippen LogP contribution in [0.1, 0.15) is 21.9 Å². The summed E-state index contributed by atoms with van der Waals surface area (Å²) in [4.78, 5) is 19.4. The van der Waals surface area contributed by atoms with Crippen LogP contribution in [0.5, 0.6) is 0 Å². The normalized spacial score (nSPS) is 10.4. The molecule has 0 fully saturated rings. The second kappa shape index (κ2) is 6.13. The number of benzene rings is 1. The Balaban J connectivity index is 1.65. The van der Waals surface area contributed by atoms with E-state index in [1.165, 1.54) is 18.6 Å². The van der Waals surface area contributed by atoms with E-state index in [0.717, 1.165) is 11.1 Å². The zero-order chi connectivity index (χ0) is 15.4. The Labute approximate surface area is 126 Å². The van der Waals surface area contributed by atoms with Crippen molar-refractivity contribution in [2.45, 2.75) is 13.5 Å². The van der Waals surface area contributed by atoms with Gasteiger partial charge in [0, 0.05) is 18.0 Å². The number of aryl methyl sites for hydroxylation is 1. The van der Waals surface area contributed by atoms with Crippen molar-refractivity contribution in [3.8, 4) is 11.5 Å². The molecule has 0 aliphatic rings. The summed E-state index contributed by atoms with van der Waals surface area (Å²) in [6, 6.07) is 7.68. The van der Waals surface area contributed by atoms with E-state index in [2.05, 4.69) is 20.2 Å². The molecule has 0 bridgehead atoms. The maximum Gasteiger partial charge on any atom is 0.359 e. The lowest BCUT2D eigenvalue weighted by Crippen LogP contribution is -2.07. The van der Waals surface area contributed by atoms with Crippen LogP contribution in [0.15, 0.2) is 47.3 Å². The first kappa shape index (κ1) is 13.9. The van der Waals surface area contributed by atoms with Gasteiger partial charge in [-0.15, -0.1) is 10.2 Å². The van der Waals surface area contributed by atoms with E-state index >= 15 is 0 Å². The lowest BCUT2D eigenvalue weighted by molar-refractivity contribution is 0.0431. The van der Waals surface area contributed by atoms with Crippen LogP contribution in [-0.2, 0) is 11.3 Å². The second-order valence-electron chi connectivity index (χ2n) is 4.53. The minimum absolute atomic E-state index is 0.117. The van der Waals surface area contributed by atoms with Gasteiger partial charge in [0.25, 0.3) is 5.89 Å². The van der Waals surface area contributed by atoms with E-state index < -0.39 is 5.97 Å². The van der Waals surface area contributed by atoms with Gasteiger partial charge in [-0.05, 0) is 19.1 Å². The molecule has 0 atom stereocenters. The maximum atomic E-state index is 11.7. The summed E-state index contributed by atoms with van der Waals surface area (Å²) >= 11 is 0. The van der Waals surface area contributed by atoms with Crippen LogP contribution < -0.4 is 0 Å². The molecule has 7 heteroatoms. The molecule has 0 aliphatic heterocycles. The minimum atomic E-state index is -0.594. The van der Waals surface area contributed by atoms with E-state index in [1.54, 1.807) is 0 Å². The van der Waals surface area contributed by atoms with Gasteiger partial charge in [-0.1, -0.05) is 17.7 Å². The molecular weight excluding hydrogens is 284 g/mol. The average molecular weight is 296 g/mol. The lowest BCUT2D eigenvalue weighted by Gasteiger charge is -2.00. The van der Waals surface area contributed by atoms with Gasteiger partial charge in [0.05, 0.1) is 6.20 Å². The number of carbonyl (C=O) groups is 1. The first-order valence-corrected chi connectivity index (χ1v) is 6.55. The summed E-state index contributed by atoms with van der Waals surface area (Å²) in [5.41, 5.74) is 2.08. The summed E-state index contributed by atoms with van der Waals surface area (Å²) in [5.74, 6) is 0.00144. The quantitative estimate of drug-likeness (QED) is 0.681. The predicted molar refractivity (Wildman–Crippen MR) is 75.6 cm³/mol. The van der Waals surface area contributed by atoms with Crippen LogP contribution >= 0.6 is 0 Å². The summed E-state index contributed by atoms with van der Waals surface area (Å²) < 4.78 is 10.5. The van der Waals surface area contributed by atoms with Crippen molar-refractivity contribution in [1.29, 1.82) is 0 Å². The number of hydrogen-bond donors (Lipinski definition) is 0. The largest absolute Gasteiger partial charge is 0.451 e. The molecule has 22 heavy (non-hydrogen) atoms. The summed E-state index contributed by atoms with van der Waals surface area (Å²) in [6.45, 7) is 1.88. The van der Waals surface area contributed by atoms with Crippen LogP contribution in [0.3, 0.4) is 0 Å². The number of nitrogens with zero attached hydrogens (tertiary/aromatic N) is 4. The van der Waals surface area contributed by atoms with Crippen molar-refractivity contribution in [3.05, 3.63) is 60.0 Å². The molecule has 110 valence electrons. The maximum absolute atomic E-state index is 11.7. The molecule has 0 unspecified atom stereocenters. The molecule has 0 saturated heterocycles. The van der Waals surface area contributed by atoms with Gasteiger partial charge in [-0.3, -0.25) is 4.98 Å². The van der Waals surface area contributed by atoms with Crippen molar-refractivity contribution in [3.63, 3.8) is 0 Å². The molecule has 2 heterocycles. The molecule has 0 saturated carbocycles. The number of esters is 1. The monoisotopic (exact) mass is 296 g/mol. The first-order valence-electron chi connectivity index (χ1n) is 6.55. The summed E-state index contributed by atoms with van der Waals surface area (Å²) in [5, 5.41) is 7.78. The highest BCUT2D eigenvalue weighted by atomic mass is 16.5. The summed E-state index contributed by atoms with van der Waals surface area (Å²) in [7, 11) is 0. The van der Waals surface area contributed by atoms with Crippen molar-refractivity contribution in [2.24, 2.45) is 0 Å². The molecule has 0 radical (unpaired) electrons. The standard InChI is InChI=1S/C15H12N4O3/c1-10-2-4-11(5-3-10)14-19-18-13(22-14)9-21-15(20)12-8-16-6-7-17-12/h2-8H,9H2,1H3. The molecule has 0 spiro atoms. The van der Waals surface area contributed by atoms with Crippen molar-refractivity contribution in [1.82, 2.24) is 20.2 Å². The van der Waals surface area contributed by atoms with Crippen molar-refractivity contribution < 1.29 is 13.9 Å². The second-order valence-corrected chi connectivity index (χ2v) is 4.53. The van der Waals surface area contributed by atoms with Crippen molar-refractivity contribution >= 4 is 5.97 Å². The molecule has 1 aromatic carbocycles. The van der Waals surface area contributed by atoms with Gasteiger partial charge >= 0.3 is 5.97 Å². The highest BCUT2D eigenvalue weighted by Crippen LogP contribution is 2.18. The SMILES string of the molecule is Cc1ccc(-c2nnc(COC(=O)c3cnccn3)o2)cc1. The minimum Gasteiger partial charge on any atom is -0.451 e. The van der Waals surface area contributed by atoms with Crippen molar-refractivity contribution in [2.75, 3.05) is 0 Å². The third-order valence-corrected chi connectivity index (χ3v) is 2.86. The Hall–Kier alpha value is -3.09. The fourth-order valence-electron chi connectivity index (χ4n) is 1.73. The summed E-state index contributed by atoms with van der Waals surface area (Å²) in [6.07, 6.45) is 4.22. The van der Waals surface area contributed by atoms with Gasteiger partial charge in [0.1, 0.15) is 0 Å². The molecule has 2 aromatic heterocycles. The molecule has 0 aliphatic carbocycles. The van der Waals surface area contributed by atoms with E-state index in [4.69, 9.17) is 9.15 Å². The number of ether oxygens (including phenoxy) is 1. The Bertz CT molecular complexity index is 769. The Morgan fingerprint density at radius 1 is 1.18 bits per heavy atom. The van der Waals surface area contributed by atoms with Crippen LogP contribution in [-0.4, -0.2) is 26.1 Å². The van der Waals surface area contributed by atoms with Gasteiger partial charge < -0.3 is 9.15 Å². The van der Waals surface area contributed by atoms with Crippen LogP contribution in [0.25, 0.3) is 11.5 Å². The van der Waals surface area contributed by atoms with E-state index in [0.29, 0.717) is 5.89 Å². The molecule has 0 N–H and O–H groups in total. The van der Waals surface area contributed by atoms with Crippen LogP contribution in [0.2, 0.25) is 0 Å². The average Bonchev–Trinajstić information content (AvgIpc) is 3.03.